The Morgan fingerprint density at radius 3 is 2.33 bits per heavy atom. The summed E-state index contributed by atoms with van der Waals surface area (Å²) in [5.41, 5.74) is 1.91. The Morgan fingerprint density at radius 1 is 0.933 bits per heavy atom. The van der Waals surface area contributed by atoms with E-state index >= 15 is 0 Å². The molecule has 0 atom stereocenters. The zero-order valence-corrected chi connectivity index (χ0v) is 16.8. The van der Waals surface area contributed by atoms with Gasteiger partial charge in [-0.05, 0) is 23.8 Å². The summed E-state index contributed by atoms with van der Waals surface area (Å²) in [5.74, 6) is 0.808. The molecular formula is C23H16N4O2S. The van der Waals surface area contributed by atoms with E-state index in [2.05, 4.69) is 23.1 Å². The molecule has 0 radical (unpaired) electrons. The van der Waals surface area contributed by atoms with Gasteiger partial charge in [0.15, 0.2) is 5.57 Å². The molecule has 30 heavy (non-hydrogen) atoms. The predicted octanol–water partition coefficient (Wildman–Crippen LogP) is 4.84. The summed E-state index contributed by atoms with van der Waals surface area (Å²) in [6.07, 6.45) is 0. The van der Waals surface area contributed by atoms with Crippen LogP contribution in [0.1, 0.15) is 5.76 Å². The first-order valence-corrected chi connectivity index (χ1v) is 10.1. The van der Waals surface area contributed by atoms with Crippen LogP contribution in [-0.4, -0.2) is 26.3 Å². The van der Waals surface area contributed by atoms with Crippen molar-refractivity contribution in [2.24, 2.45) is 0 Å². The molecule has 0 bridgehead atoms. The molecule has 2 aromatic heterocycles. The number of anilines is 1. The molecule has 0 N–H and O–H groups in total. The van der Waals surface area contributed by atoms with Gasteiger partial charge in [0, 0.05) is 18.7 Å². The molecule has 4 rings (SSSR count). The van der Waals surface area contributed by atoms with E-state index in [0.29, 0.717) is 19.0 Å². The second-order valence-electron chi connectivity index (χ2n) is 6.54. The maximum absolute atomic E-state index is 9.37. The number of nitrogens with zero attached hydrogens (tertiary/aromatic N) is 4. The van der Waals surface area contributed by atoms with Crippen molar-refractivity contribution < 1.29 is 9.15 Å². The van der Waals surface area contributed by atoms with Gasteiger partial charge in [-0.25, -0.2) is 0 Å². The standard InChI is InChI=1S/C23H16N4O2S/c24-13-17(14-25)19(15-26)20-6-7-21(29-20)22-12-18(16-4-2-1-3-5-16)23(30-22)27-8-10-28-11-9-27/h1-7,12H,8-11H2. The van der Waals surface area contributed by atoms with Crippen molar-refractivity contribution in [3.8, 4) is 40.0 Å². The minimum Gasteiger partial charge on any atom is -0.454 e. The topological polar surface area (TPSA) is 97.0 Å². The Hall–Kier alpha value is -3.83. The minimum absolute atomic E-state index is 0.0560. The van der Waals surface area contributed by atoms with Gasteiger partial charge in [-0.2, -0.15) is 15.8 Å². The molecule has 3 heterocycles. The Labute approximate surface area is 178 Å². The van der Waals surface area contributed by atoms with Gasteiger partial charge in [0.25, 0.3) is 0 Å². The maximum Gasteiger partial charge on any atom is 0.151 e. The van der Waals surface area contributed by atoms with Gasteiger partial charge >= 0.3 is 0 Å². The van der Waals surface area contributed by atoms with Crippen LogP contribution in [0.15, 0.2) is 58.5 Å². The first kappa shape index (κ1) is 19.5. The van der Waals surface area contributed by atoms with Crippen LogP contribution < -0.4 is 4.90 Å². The van der Waals surface area contributed by atoms with E-state index in [1.165, 1.54) is 0 Å². The molecule has 3 aromatic rings. The minimum atomic E-state index is -0.261. The van der Waals surface area contributed by atoms with Crippen LogP contribution in [0.2, 0.25) is 0 Å². The summed E-state index contributed by atoms with van der Waals surface area (Å²) in [6.45, 7) is 3.01. The summed E-state index contributed by atoms with van der Waals surface area (Å²) in [4.78, 5) is 3.22. The third-order valence-electron chi connectivity index (χ3n) is 4.78. The predicted molar refractivity (Wildman–Crippen MR) is 114 cm³/mol. The number of hydrogen-bond donors (Lipinski definition) is 0. The lowest BCUT2D eigenvalue weighted by molar-refractivity contribution is 0.123. The number of thiophene rings is 1. The van der Waals surface area contributed by atoms with E-state index in [9.17, 15) is 5.26 Å². The molecule has 6 nitrogen and oxygen atoms in total. The highest BCUT2D eigenvalue weighted by atomic mass is 32.1. The zero-order chi connectivity index (χ0) is 20.9. The number of hydrogen-bond acceptors (Lipinski definition) is 7. The van der Waals surface area contributed by atoms with Crippen molar-refractivity contribution >= 4 is 21.9 Å². The SMILES string of the molecule is N#CC(C#N)=C(C#N)c1ccc(-c2cc(-c3ccccc3)c(N3CCOCC3)s2)o1. The summed E-state index contributed by atoms with van der Waals surface area (Å²) < 4.78 is 11.4. The van der Waals surface area contributed by atoms with Crippen LogP contribution in [0.5, 0.6) is 0 Å². The lowest BCUT2D eigenvalue weighted by Gasteiger charge is -2.28. The number of nitriles is 3. The second kappa shape index (κ2) is 8.68. The summed E-state index contributed by atoms with van der Waals surface area (Å²) in [6, 6.07) is 21.0. The lowest BCUT2D eigenvalue weighted by atomic mass is 10.1. The van der Waals surface area contributed by atoms with Gasteiger partial charge in [-0.15, -0.1) is 11.3 Å². The number of allylic oxidation sites excluding steroid dienone is 2. The smallest absolute Gasteiger partial charge is 0.151 e. The molecule has 7 heteroatoms. The molecule has 0 amide bonds. The molecule has 0 spiro atoms. The highest BCUT2D eigenvalue weighted by Crippen LogP contribution is 2.44. The molecule has 0 saturated carbocycles. The first-order valence-electron chi connectivity index (χ1n) is 9.32. The molecule has 1 fully saturated rings. The van der Waals surface area contributed by atoms with Crippen molar-refractivity contribution in [1.82, 2.24) is 0 Å². The van der Waals surface area contributed by atoms with Gasteiger partial charge in [0.2, 0.25) is 0 Å². The molecule has 1 aliphatic heterocycles. The largest absolute Gasteiger partial charge is 0.454 e. The van der Waals surface area contributed by atoms with E-state index in [-0.39, 0.29) is 16.9 Å². The first-order chi connectivity index (χ1) is 14.7. The van der Waals surface area contributed by atoms with E-state index < -0.39 is 0 Å². The Balaban J connectivity index is 1.78. The lowest BCUT2D eigenvalue weighted by Crippen LogP contribution is -2.35. The Kier molecular flexibility index (Phi) is 5.63. The highest BCUT2D eigenvalue weighted by Gasteiger charge is 2.22. The second-order valence-corrected chi connectivity index (χ2v) is 7.57. The van der Waals surface area contributed by atoms with E-state index in [1.807, 2.05) is 24.3 Å². The molecular weight excluding hydrogens is 396 g/mol. The van der Waals surface area contributed by atoms with Crippen molar-refractivity contribution in [2.45, 2.75) is 0 Å². The van der Waals surface area contributed by atoms with Crippen LogP contribution >= 0.6 is 11.3 Å². The molecule has 0 aliphatic carbocycles. The van der Waals surface area contributed by atoms with E-state index in [4.69, 9.17) is 19.7 Å². The van der Waals surface area contributed by atoms with Crippen molar-refractivity contribution in [3.05, 3.63) is 59.9 Å². The normalized spacial score (nSPS) is 13.2. The molecule has 1 aliphatic rings. The maximum atomic E-state index is 9.37. The quantitative estimate of drug-likeness (QED) is 0.569. The number of rotatable bonds is 4. The van der Waals surface area contributed by atoms with Crippen LogP contribution in [0.25, 0.3) is 27.3 Å². The molecule has 0 unspecified atom stereocenters. The zero-order valence-electron chi connectivity index (χ0n) is 16.0. The molecule has 1 saturated heterocycles. The fourth-order valence-electron chi connectivity index (χ4n) is 3.30. The van der Waals surface area contributed by atoms with E-state index in [0.717, 1.165) is 34.1 Å². The van der Waals surface area contributed by atoms with E-state index in [1.54, 1.807) is 35.6 Å². The molecule has 1 aromatic carbocycles. The summed E-state index contributed by atoms with van der Waals surface area (Å²) in [5, 5.41) is 28.7. The fourth-order valence-corrected chi connectivity index (χ4v) is 4.50. The Morgan fingerprint density at radius 2 is 1.67 bits per heavy atom. The van der Waals surface area contributed by atoms with Crippen LogP contribution in [-0.2, 0) is 4.74 Å². The van der Waals surface area contributed by atoms with Crippen LogP contribution in [0, 0.1) is 34.0 Å². The van der Waals surface area contributed by atoms with Gasteiger partial charge in [0.1, 0.15) is 35.3 Å². The average Bonchev–Trinajstić information content (AvgIpc) is 3.46. The van der Waals surface area contributed by atoms with Gasteiger partial charge < -0.3 is 14.1 Å². The van der Waals surface area contributed by atoms with Gasteiger partial charge in [-0.3, -0.25) is 0 Å². The fraction of sp³-hybridized carbons (Fsp3) is 0.174. The number of morpholine rings is 1. The number of furan rings is 1. The van der Waals surface area contributed by atoms with Crippen molar-refractivity contribution in [2.75, 3.05) is 31.2 Å². The van der Waals surface area contributed by atoms with Crippen LogP contribution in [0.4, 0.5) is 5.00 Å². The highest BCUT2D eigenvalue weighted by molar-refractivity contribution is 7.20. The summed E-state index contributed by atoms with van der Waals surface area (Å²) in [7, 11) is 0. The number of ether oxygens (including phenoxy) is 1. The summed E-state index contributed by atoms with van der Waals surface area (Å²) >= 11 is 1.61. The third-order valence-corrected chi connectivity index (χ3v) is 5.99. The van der Waals surface area contributed by atoms with Gasteiger partial charge in [-0.1, -0.05) is 30.3 Å². The molecule has 146 valence electrons. The number of benzene rings is 1. The van der Waals surface area contributed by atoms with Crippen LogP contribution in [0.3, 0.4) is 0 Å². The third kappa shape index (κ3) is 3.71. The Bertz CT molecular complexity index is 1200. The average molecular weight is 412 g/mol. The monoisotopic (exact) mass is 412 g/mol. The van der Waals surface area contributed by atoms with Crippen molar-refractivity contribution in [1.29, 1.82) is 15.8 Å². The van der Waals surface area contributed by atoms with Gasteiger partial charge in [0.05, 0.1) is 23.1 Å². The van der Waals surface area contributed by atoms with Crippen molar-refractivity contribution in [3.63, 3.8) is 0 Å².